The van der Waals surface area contributed by atoms with Crippen LogP contribution in [-0.2, 0) is 4.74 Å². The SMILES string of the molecule is COc1ccc(C(C)NC2CCCOCC2)c(OC)c1. The molecule has 1 aliphatic rings. The maximum absolute atomic E-state index is 5.51. The lowest BCUT2D eigenvalue weighted by Gasteiger charge is -2.23. The fourth-order valence-electron chi connectivity index (χ4n) is 2.69. The van der Waals surface area contributed by atoms with Crippen LogP contribution in [0.3, 0.4) is 0 Å². The number of hydrogen-bond donors (Lipinski definition) is 1. The minimum Gasteiger partial charge on any atom is -0.497 e. The van der Waals surface area contributed by atoms with Gasteiger partial charge in [-0.3, -0.25) is 0 Å². The topological polar surface area (TPSA) is 39.7 Å². The Morgan fingerprint density at radius 2 is 2.05 bits per heavy atom. The lowest BCUT2D eigenvalue weighted by molar-refractivity contribution is 0.142. The van der Waals surface area contributed by atoms with Gasteiger partial charge in [-0.1, -0.05) is 6.07 Å². The quantitative estimate of drug-likeness (QED) is 0.899. The van der Waals surface area contributed by atoms with E-state index in [2.05, 4.69) is 18.3 Å². The molecular formula is C16H25NO3. The first-order chi connectivity index (χ1) is 9.74. The molecule has 112 valence electrons. The largest absolute Gasteiger partial charge is 0.497 e. The Balaban J connectivity index is 2.05. The van der Waals surface area contributed by atoms with Gasteiger partial charge in [-0.15, -0.1) is 0 Å². The van der Waals surface area contributed by atoms with Crippen LogP contribution in [0.1, 0.15) is 37.8 Å². The lowest BCUT2D eigenvalue weighted by Crippen LogP contribution is -2.31. The van der Waals surface area contributed by atoms with Gasteiger partial charge in [-0.25, -0.2) is 0 Å². The van der Waals surface area contributed by atoms with E-state index in [1.165, 1.54) is 12.0 Å². The Labute approximate surface area is 121 Å². The van der Waals surface area contributed by atoms with Gasteiger partial charge in [0.05, 0.1) is 14.2 Å². The molecule has 1 aromatic rings. The summed E-state index contributed by atoms with van der Waals surface area (Å²) in [4.78, 5) is 0. The van der Waals surface area contributed by atoms with Crippen LogP contribution in [0.15, 0.2) is 18.2 Å². The van der Waals surface area contributed by atoms with Gasteiger partial charge in [-0.2, -0.15) is 0 Å². The molecule has 0 radical (unpaired) electrons. The van der Waals surface area contributed by atoms with Crippen molar-refractivity contribution in [1.29, 1.82) is 0 Å². The number of methoxy groups -OCH3 is 2. The highest BCUT2D eigenvalue weighted by atomic mass is 16.5. The molecule has 20 heavy (non-hydrogen) atoms. The average molecular weight is 279 g/mol. The molecule has 0 bridgehead atoms. The van der Waals surface area contributed by atoms with Crippen molar-refractivity contribution in [2.45, 2.75) is 38.3 Å². The zero-order chi connectivity index (χ0) is 14.4. The Hall–Kier alpha value is -1.26. The fourth-order valence-corrected chi connectivity index (χ4v) is 2.69. The van der Waals surface area contributed by atoms with Crippen LogP contribution < -0.4 is 14.8 Å². The smallest absolute Gasteiger partial charge is 0.127 e. The molecule has 1 saturated heterocycles. The number of hydrogen-bond acceptors (Lipinski definition) is 4. The summed E-state index contributed by atoms with van der Waals surface area (Å²) in [5.74, 6) is 1.69. The summed E-state index contributed by atoms with van der Waals surface area (Å²) < 4.78 is 16.2. The van der Waals surface area contributed by atoms with E-state index in [9.17, 15) is 0 Å². The van der Waals surface area contributed by atoms with E-state index in [4.69, 9.17) is 14.2 Å². The third kappa shape index (κ3) is 3.87. The van der Waals surface area contributed by atoms with Crippen LogP contribution in [0.5, 0.6) is 11.5 Å². The predicted octanol–water partition coefficient (Wildman–Crippen LogP) is 2.92. The van der Waals surface area contributed by atoms with Crippen LogP contribution in [-0.4, -0.2) is 33.5 Å². The summed E-state index contributed by atoms with van der Waals surface area (Å²) in [7, 11) is 3.37. The van der Waals surface area contributed by atoms with Crippen molar-refractivity contribution in [3.05, 3.63) is 23.8 Å². The van der Waals surface area contributed by atoms with Gasteiger partial charge in [0.25, 0.3) is 0 Å². The van der Waals surface area contributed by atoms with E-state index in [0.717, 1.165) is 37.6 Å². The highest BCUT2D eigenvalue weighted by Gasteiger charge is 2.18. The summed E-state index contributed by atoms with van der Waals surface area (Å²) in [5.41, 5.74) is 1.17. The summed E-state index contributed by atoms with van der Waals surface area (Å²) >= 11 is 0. The molecular weight excluding hydrogens is 254 g/mol. The zero-order valence-corrected chi connectivity index (χ0v) is 12.6. The van der Waals surface area contributed by atoms with Crippen molar-refractivity contribution in [3.8, 4) is 11.5 Å². The molecule has 1 aliphatic heterocycles. The normalized spacial score (nSPS) is 21.1. The number of rotatable bonds is 5. The van der Waals surface area contributed by atoms with E-state index in [-0.39, 0.29) is 6.04 Å². The molecule has 0 aliphatic carbocycles. The first kappa shape index (κ1) is 15.1. The summed E-state index contributed by atoms with van der Waals surface area (Å²) in [6.07, 6.45) is 3.37. The maximum atomic E-state index is 5.51. The van der Waals surface area contributed by atoms with E-state index in [1.54, 1.807) is 14.2 Å². The standard InChI is InChI=1S/C16H25NO3/c1-12(17-13-5-4-9-20-10-8-13)15-7-6-14(18-2)11-16(15)19-3/h6-7,11-13,17H,4-5,8-10H2,1-3H3. The Morgan fingerprint density at radius 1 is 1.20 bits per heavy atom. The van der Waals surface area contributed by atoms with Crippen LogP contribution in [0.2, 0.25) is 0 Å². The van der Waals surface area contributed by atoms with Gasteiger partial charge in [0, 0.05) is 36.9 Å². The van der Waals surface area contributed by atoms with Gasteiger partial charge in [-0.05, 0) is 32.3 Å². The summed E-state index contributed by atoms with van der Waals surface area (Å²) in [5, 5.41) is 3.69. The fraction of sp³-hybridized carbons (Fsp3) is 0.625. The van der Waals surface area contributed by atoms with Crippen molar-refractivity contribution in [3.63, 3.8) is 0 Å². The van der Waals surface area contributed by atoms with E-state index < -0.39 is 0 Å². The first-order valence-electron chi connectivity index (χ1n) is 7.30. The Bertz CT molecular complexity index is 414. The molecule has 4 nitrogen and oxygen atoms in total. The summed E-state index contributed by atoms with van der Waals surface area (Å²) in [6, 6.07) is 6.75. The molecule has 1 heterocycles. The molecule has 1 N–H and O–H groups in total. The monoisotopic (exact) mass is 279 g/mol. The molecule has 0 amide bonds. The Kier molecular flexibility index (Phi) is 5.68. The van der Waals surface area contributed by atoms with E-state index >= 15 is 0 Å². The van der Waals surface area contributed by atoms with E-state index in [1.807, 2.05) is 12.1 Å². The van der Waals surface area contributed by atoms with Crippen LogP contribution >= 0.6 is 0 Å². The van der Waals surface area contributed by atoms with Gasteiger partial charge >= 0.3 is 0 Å². The highest BCUT2D eigenvalue weighted by molar-refractivity contribution is 5.42. The molecule has 0 spiro atoms. The minimum absolute atomic E-state index is 0.249. The van der Waals surface area contributed by atoms with E-state index in [0.29, 0.717) is 6.04 Å². The predicted molar refractivity (Wildman–Crippen MR) is 79.6 cm³/mol. The van der Waals surface area contributed by atoms with Crippen LogP contribution in [0.4, 0.5) is 0 Å². The molecule has 1 aromatic carbocycles. The number of ether oxygens (including phenoxy) is 3. The van der Waals surface area contributed by atoms with Gasteiger partial charge < -0.3 is 19.5 Å². The second-order valence-electron chi connectivity index (χ2n) is 5.24. The molecule has 2 atom stereocenters. The maximum Gasteiger partial charge on any atom is 0.127 e. The molecule has 2 rings (SSSR count). The van der Waals surface area contributed by atoms with Gasteiger partial charge in [0.2, 0.25) is 0 Å². The number of benzene rings is 1. The van der Waals surface area contributed by atoms with Crippen molar-refractivity contribution in [2.75, 3.05) is 27.4 Å². The van der Waals surface area contributed by atoms with Crippen LogP contribution in [0.25, 0.3) is 0 Å². The second kappa shape index (κ2) is 7.50. The molecule has 4 heteroatoms. The molecule has 2 unspecified atom stereocenters. The highest BCUT2D eigenvalue weighted by Crippen LogP contribution is 2.30. The number of nitrogens with one attached hydrogen (secondary N) is 1. The third-order valence-corrected chi connectivity index (χ3v) is 3.84. The zero-order valence-electron chi connectivity index (χ0n) is 12.6. The molecule has 0 aromatic heterocycles. The molecule has 0 saturated carbocycles. The van der Waals surface area contributed by atoms with Gasteiger partial charge in [0.1, 0.15) is 11.5 Å². The third-order valence-electron chi connectivity index (χ3n) is 3.84. The average Bonchev–Trinajstić information content (AvgIpc) is 2.75. The van der Waals surface area contributed by atoms with Crippen molar-refractivity contribution in [1.82, 2.24) is 5.32 Å². The lowest BCUT2D eigenvalue weighted by atomic mass is 10.0. The van der Waals surface area contributed by atoms with Crippen molar-refractivity contribution >= 4 is 0 Å². The Morgan fingerprint density at radius 3 is 2.80 bits per heavy atom. The molecule has 1 fully saturated rings. The first-order valence-corrected chi connectivity index (χ1v) is 7.30. The van der Waals surface area contributed by atoms with Crippen LogP contribution in [0, 0.1) is 0 Å². The van der Waals surface area contributed by atoms with Crippen molar-refractivity contribution in [2.24, 2.45) is 0 Å². The summed E-state index contributed by atoms with van der Waals surface area (Å²) in [6.45, 7) is 3.92. The van der Waals surface area contributed by atoms with Gasteiger partial charge in [0.15, 0.2) is 0 Å². The van der Waals surface area contributed by atoms with Crippen molar-refractivity contribution < 1.29 is 14.2 Å². The minimum atomic E-state index is 0.249. The second-order valence-corrected chi connectivity index (χ2v) is 5.24.